The maximum atomic E-state index is 13.2. The van der Waals surface area contributed by atoms with Crippen LogP contribution in [0, 0.1) is 5.82 Å². The second-order valence-electron chi connectivity index (χ2n) is 4.28. The minimum atomic E-state index is -1.26. The van der Waals surface area contributed by atoms with E-state index in [1.54, 1.807) is 0 Å². The average Bonchev–Trinajstić information content (AvgIpc) is 2.43. The molecule has 0 radical (unpaired) electrons. The molecule has 0 bridgehead atoms. The predicted molar refractivity (Wildman–Crippen MR) is 78.6 cm³/mol. The number of halogens is 1. The van der Waals surface area contributed by atoms with Crippen molar-refractivity contribution in [1.82, 2.24) is 0 Å². The predicted octanol–water partition coefficient (Wildman–Crippen LogP) is 2.98. The highest BCUT2D eigenvalue weighted by Gasteiger charge is 2.06. The molecule has 5 heteroatoms. The molecule has 3 nitrogen and oxygen atoms in total. The van der Waals surface area contributed by atoms with Crippen molar-refractivity contribution >= 4 is 16.5 Å². The van der Waals surface area contributed by atoms with E-state index in [4.69, 9.17) is 10.5 Å². The first-order valence-corrected chi connectivity index (χ1v) is 7.59. The Morgan fingerprint density at radius 1 is 1.15 bits per heavy atom. The number of ether oxygens (including phenoxy) is 1. The molecule has 0 amide bonds. The van der Waals surface area contributed by atoms with E-state index in [0.29, 0.717) is 23.7 Å². The highest BCUT2D eigenvalue weighted by atomic mass is 32.2. The lowest BCUT2D eigenvalue weighted by atomic mass is 10.3. The van der Waals surface area contributed by atoms with Gasteiger partial charge in [-0.25, -0.2) is 4.39 Å². The largest absolute Gasteiger partial charge is 0.494 e. The van der Waals surface area contributed by atoms with Crippen LogP contribution in [0.25, 0.3) is 0 Å². The lowest BCUT2D eigenvalue weighted by Crippen LogP contribution is -2.05. The van der Waals surface area contributed by atoms with Crippen LogP contribution < -0.4 is 10.5 Å². The Morgan fingerprint density at radius 3 is 2.60 bits per heavy atom. The highest BCUT2D eigenvalue weighted by molar-refractivity contribution is 7.85. The van der Waals surface area contributed by atoms with Gasteiger partial charge in [0.1, 0.15) is 11.6 Å². The topological polar surface area (TPSA) is 52.3 Å². The molecule has 2 rings (SSSR count). The summed E-state index contributed by atoms with van der Waals surface area (Å²) in [5.41, 5.74) is 5.81. The van der Waals surface area contributed by atoms with Gasteiger partial charge in [-0.15, -0.1) is 0 Å². The molecule has 2 N–H and O–H groups in total. The summed E-state index contributed by atoms with van der Waals surface area (Å²) >= 11 is 0. The van der Waals surface area contributed by atoms with E-state index >= 15 is 0 Å². The second kappa shape index (κ2) is 7.05. The molecule has 1 atom stereocenters. The minimum Gasteiger partial charge on any atom is -0.494 e. The van der Waals surface area contributed by atoms with Crippen LogP contribution in [0.4, 0.5) is 10.1 Å². The van der Waals surface area contributed by atoms with Crippen molar-refractivity contribution in [2.24, 2.45) is 0 Å². The molecule has 0 aromatic heterocycles. The van der Waals surface area contributed by atoms with E-state index in [1.807, 2.05) is 30.3 Å². The number of nitrogen functional groups attached to an aromatic ring is 1. The highest BCUT2D eigenvalue weighted by Crippen LogP contribution is 2.15. The summed E-state index contributed by atoms with van der Waals surface area (Å²) in [4.78, 5) is 0.419. The molecule has 2 aromatic carbocycles. The van der Waals surface area contributed by atoms with Crippen molar-refractivity contribution in [2.45, 2.75) is 11.3 Å². The van der Waals surface area contributed by atoms with Crippen LogP contribution in [0.1, 0.15) is 6.42 Å². The van der Waals surface area contributed by atoms with Gasteiger partial charge in [-0.3, -0.25) is 4.21 Å². The van der Waals surface area contributed by atoms with Crippen LogP contribution in [0.2, 0.25) is 0 Å². The number of anilines is 1. The molecule has 0 heterocycles. The molecular formula is C15H16FNO2S. The molecule has 2 aromatic rings. The maximum Gasteiger partial charge on any atom is 0.126 e. The third-order valence-corrected chi connectivity index (χ3v) is 4.06. The van der Waals surface area contributed by atoms with Gasteiger partial charge in [-0.1, -0.05) is 18.2 Å². The van der Waals surface area contributed by atoms with E-state index in [9.17, 15) is 8.60 Å². The Labute approximate surface area is 120 Å². The molecule has 0 saturated heterocycles. The second-order valence-corrected chi connectivity index (χ2v) is 5.86. The monoisotopic (exact) mass is 293 g/mol. The Morgan fingerprint density at radius 2 is 1.90 bits per heavy atom. The first kappa shape index (κ1) is 14.5. The summed E-state index contributed by atoms with van der Waals surface area (Å²) in [5, 5.41) is 0. The fourth-order valence-corrected chi connectivity index (χ4v) is 2.86. The van der Waals surface area contributed by atoms with Crippen LogP contribution in [0.15, 0.2) is 53.4 Å². The Bertz CT molecular complexity index is 569. The molecule has 0 fully saturated rings. The quantitative estimate of drug-likeness (QED) is 0.658. The third kappa shape index (κ3) is 4.35. The van der Waals surface area contributed by atoms with E-state index < -0.39 is 16.6 Å². The van der Waals surface area contributed by atoms with Gasteiger partial charge in [0.2, 0.25) is 0 Å². The number of rotatable bonds is 6. The van der Waals surface area contributed by atoms with Crippen LogP contribution in [0.3, 0.4) is 0 Å². The van der Waals surface area contributed by atoms with Gasteiger partial charge in [0, 0.05) is 16.3 Å². The summed E-state index contributed by atoms with van der Waals surface area (Å²) in [5.74, 6) is 0.734. The van der Waals surface area contributed by atoms with E-state index in [2.05, 4.69) is 0 Å². The average molecular weight is 293 g/mol. The SMILES string of the molecule is Nc1cc(F)cc(S(=O)CCCOc2ccccc2)c1. The van der Waals surface area contributed by atoms with Crippen LogP contribution in [-0.2, 0) is 10.8 Å². The smallest absolute Gasteiger partial charge is 0.126 e. The molecule has 0 spiro atoms. The van der Waals surface area contributed by atoms with E-state index in [0.717, 1.165) is 5.75 Å². The zero-order valence-corrected chi connectivity index (χ0v) is 11.7. The van der Waals surface area contributed by atoms with Crippen molar-refractivity contribution in [2.75, 3.05) is 18.1 Å². The van der Waals surface area contributed by atoms with Crippen molar-refractivity contribution in [3.63, 3.8) is 0 Å². The van der Waals surface area contributed by atoms with Crippen LogP contribution in [0.5, 0.6) is 5.75 Å². The molecule has 20 heavy (non-hydrogen) atoms. The maximum absolute atomic E-state index is 13.2. The zero-order chi connectivity index (χ0) is 14.4. The Balaban J connectivity index is 1.80. The summed E-state index contributed by atoms with van der Waals surface area (Å²) < 4.78 is 30.7. The molecule has 1 unspecified atom stereocenters. The van der Waals surface area contributed by atoms with E-state index in [-0.39, 0.29) is 5.69 Å². The normalized spacial score (nSPS) is 12.1. The molecular weight excluding hydrogens is 277 g/mol. The van der Waals surface area contributed by atoms with Gasteiger partial charge in [0.05, 0.1) is 17.4 Å². The molecule has 0 saturated carbocycles. The summed E-state index contributed by atoms with van der Waals surface area (Å²) in [6.45, 7) is 0.473. The van der Waals surface area contributed by atoms with Crippen molar-refractivity contribution in [3.05, 3.63) is 54.3 Å². The van der Waals surface area contributed by atoms with Gasteiger partial charge in [-0.05, 0) is 36.8 Å². The van der Waals surface area contributed by atoms with Gasteiger partial charge in [0.25, 0.3) is 0 Å². The third-order valence-electron chi connectivity index (χ3n) is 2.64. The summed E-state index contributed by atoms with van der Waals surface area (Å²) in [6, 6.07) is 13.4. The van der Waals surface area contributed by atoms with Gasteiger partial charge < -0.3 is 10.5 Å². The van der Waals surface area contributed by atoms with Gasteiger partial charge >= 0.3 is 0 Å². The number of hydrogen-bond acceptors (Lipinski definition) is 3. The first-order chi connectivity index (χ1) is 9.65. The number of benzene rings is 2. The van der Waals surface area contributed by atoms with Crippen molar-refractivity contribution in [1.29, 1.82) is 0 Å². The first-order valence-electron chi connectivity index (χ1n) is 6.27. The molecule has 0 aliphatic heterocycles. The lowest BCUT2D eigenvalue weighted by Gasteiger charge is -2.06. The lowest BCUT2D eigenvalue weighted by molar-refractivity contribution is 0.318. The molecule has 0 aliphatic rings. The van der Waals surface area contributed by atoms with Gasteiger partial charge in [-0.2, -0.15) is 0 Å². The van der Waals surface area contributed by atoms with Crippen LogP contribution >= 0.6 is 0 Å². The summed E-state index contributed by atoms with van der Waals surface area (Å²) in [7, 11) is -1.26. The number of hydrogen-bond donors (Lipinski definition) is 1. The number of nitrogens with two attached hydrogens (primary N) is 1. The van der Waals surface area contributed by atoms with Crippen molar-refractivity contribution in [3.8, 4) is 5.75 Å². The van der Waals surface area contributed by atoms with Gasteiger partial charge in [0.15, 0.2) is 0 Å². The summed E-state index contributed by atoms with van der Waals surface area (Å²) in [6.07, 6.45) is 0.623. The molecule has 0 aliphatic carbocycles. The minimum absolute atomic E-state index is 0.286. The number of para-hydroxylation sites is 1. The molecule has 106 valence electrons. The standard InChI is InChI=1S/C15H16FNO2S/c16-12-9-13(17)11-15(10-12)20(18)8-4-7-19-14-5-2-1-3-6-14/h1-3,5-6,9-11H,4,7-8,17H2. The van der Waals surface area contributed by atoms with Crippen LogP contribution in [-0.4, -0.2) is 16.6 Å². The van der Waals surface area contributed by atoms with Crippen molar-refractivity contribution < 1.29 is 13.3 Å². The fourth-order valence-electron chi connectivity index (χ4n) is 1.73. The Hall–Kier alpha value is -1.88. The zero-order valence-electron chi connectivity index (χ0n) is 10.9. The van der Waals surface area contributed by atoms with E-state index in [1.165, 1.54) is 18.2 Å². The fraction of sp³-hybridized carbons (Fsp3) is 0.200. The Kier molecular flexibility index (Phi) is 5.12.